The third kappa shape index (κ3) is 6.80. The molecular weight excluding hydrogens is 375 g/mol. The summed E-state index contributed by atoms with van der Waals surface area (Å²) in [6.45, 7) is 4.60. The van der Waals surface area contributed by atoms with Gasteiger partial charge in [0, 0.05) is 6.04 Å². The third-order valence-electron chi connectivity index (χ3n) is 5.42. The van der Waals surface area contributed by atoms with Crippen LogP contribution in [0.3, 0.4) is 0 Å². The predicted octanol–water partition coefficient (Wildman–Crippen LogP) is 6.13. The molecule has 0 bridgehead atoms. The Morgan fingerprint density at radius 3 is 2.33 bits per heavy atom. The van der Waals surface area contributed by atoms with E-state index in [1.165, 1.54) is 56.4 Å². The molecule has 27 heavy (non-hydrogen) atoms. The Balaban J connectivity index is 1.55. The van der Waals surface area contributed by atoms with Crippen LogP contribution in [0.2, 0.25) is 10.0 Å². The lowest BCUT2D eigenvalue weighted by atomic mass is 10.0. The Kier molecular flexibility index (Phi) is 8.47. The standard InChI is InChI=1S/C23H30Cl2N2/c24-21-11-10-19(18-22(21)25)12-14-26-23(20-8-4-3-5-9-20)13-17-27-15-6-1-2-7-16-27/h3-5,8-11,18,23,26H,1-2,6-7,12-17H2. The molecule has 146 valence electrons. The molecule has 1 atom stereocenters. The molecular formula is C23H30Cl2N2. The van der Waals surface area contributed by atoms with Crippen LogP contribution in [0.4, 0.5) is 0 Å². The van der Waals surface area contributed by atoms with Crippen LogP contribution in [0.1, 0.15) is 49.3 Å². The molecule has 0 saturated carbocycles. The number of hydrogen-bond donors (Lipinski definition) is 1. The number of hydrogen-bond acceptors (Lipinski definition) is 2. The summed E-state index contributed by atoms with van der Waals surface area (Å²) in [5, 5.41) is 5.02. The van der Waals surface area contributed by atoms with Crippen LogP contribution in [-0.4, -0.2) is 31.1 Å². The van der Waals surface area contributed by atoms with E-state index in [1.54, 1.807) is 0 Å². The smallest absolute Gasteiger partial charge is 0.0595 e. The van der Waals surface area contributed by atoms with Crippen molar-refractivity contribution in [2.75, 3.05) is 26.2 Å². The zero-order valence-electron chi connectivity index (χ0n) is 16.0. The normalized spacial score (nSPS) is 16.8. The van der Waals surface area contributed by atoms with E-state index in [9.17, 15) is 0 Å². The lowest BCUT2D eigenvalue weighted by Gasteiger charge is -2.25. The molecule has 2 nitrogen and oxygen atoms in total. The van der Waals surface area contributed by atoms with Gasteiger partial charge < -0.3 is 10.2 Å². The molecule has 1 aliphatic heterocycles. The third-order valence-corrected chi connectivity index (χ3v) is 6.16. The lowest BCUT2D eigenvalue weighted by molar-refractivity contribution is 0.266. The van der Waals surface area contributed by atoms with Crippen molar-refractivity contribution in [1.82, 2.24) is 10.2 Å². The summed E-state index contributed by atoms with van der Waals surface area (Å²) in [6.07, 6.45) is 7.57. The summed E-state index contributed by atoms with van der Waals surface area (Å²) in [7, 11) is 0. The molecule has 1 aliphatic rings. The Labute approximate surface area is 173 Å². The topological polar surface area (TPSA) is 15.3 Å². The van der Waals surface area contributed by atoms with Gasteiger partial charge in [0.05, 0.1) is 10.0 Å². The van der Waals surface area contributed by atoms with E-state index in [2.05, 4.69) is 46.6 Å². The van der Waals surface area contributed by atoms with Gasteiger partial charge in [0.1, 0.15) is 0 Å². The molecule has 1 fully saturated rings. The van der Waals surface area contributed by atoms with Crippen LogP contribution in [-0.2, 0) is 6.42 Å². The monoisotopic (exact) mass is 404 g/mol. The summed E-state index contributed by atoms with van der Waals surface area (Å²) in [6, 6.07) is 17.1. The molecule has 0 radical (unpaired) electrons. The van der Waals surface area contributed by atoms with Crippen molar-refractivity contribution in [2.24, 2.45) is 0 Å². The summed E-state index contributed by atoms with van der Waals surface area (Å²) in [5.41, 5.74) is 2.60. The molecule has 2 aromatic carbocycles. The number of rotatable bonds is 8. The maximum absolute atomic E-state index is 6.14. The van der Waals surface area contributed by atoms with Gasteiger partial charge in [-0.25, -0.2) is 0 Å². The van der Waals surface area contributed by atoms with Crippen molar-refractivity contribution in [3.63, 3.8) is 0 Å². The second-order valence-corrected chi connectivity index (χ2v) is 8.27. The van der Waals surface area contributed by atoms with E-state index >= 15 is 0 Å². The summed E-state index contributed by atoms with van der Waals surface area (Å²) < 4.78 is 0. The van der Waals surface area contributed by atoms with Gasteiger partial charge in [-0.15, -0.1) is 0 Å². The van der Waals surface area contributed by atoms with Gasteiger partial charge in [0.2, 0.25) is 0 Å². The minimum absolute atomic E-state index is 0.386. The molecule has 1 heterocycles. The largest absolute Gasteiger partial charge is 0.310 e. The molecule has 1 saturated heterocycles. The zero-order chi connectivity index (χ0) is 18.9. The maximum Gasteiger partial charge on any atom is 0.0595 e. The molecule has 0 aromatic heterocycles. The minimum Gasteiger partial charge on any atom is -0.310 e. The SMILES string of the molecule is Clc1ccc(CCNC(CCN2CCCCCC2)c2ccccc2)cc1Cl. The fourth-order valence-electron chi connectivity index (χ4n) is 3.83. The fourth-order valence-corrected chi connectivity index (χ4v) is 4.15. The quantitative estimate of drug-likeness (QED) is 0.568. The number of benzene rings is 2. The second-order valence-electron chi connectivity index (χ2n) is 7.46. The first-order chi connectivity index (χ1) is 13.2. The van der Waals surface area contributed by atoms with Crippen molar-refractivity contribution in [3.05, 3.63) is 69.7 Å². The van der Waals surface area contributed by atoms with E-state index in [1.807, 2.05) is 12.1 Å². The van der Waals surface area contributed by atoms with E-state index in [-0.39, 0.29) is 0 Å². The number of nitrogens with one attached hydrogen (secondary N) is 1. The van der Waals surface area contributed by atoms with Crippen molar-refractivity contribution in [3.8, 4) is 0 Å². The molecule has 4 heteroatoms. The van der Waals surface area contributed by atoms with Gasteiger partial charge in [-0.05, 0) is 75.1 Å². The highest BCUT2D eigenvalue weighted by Gasteiger charge is 2.14. The molecule has 1 unspecified atom stereocenters. The highest BCUT2D eigenvalue weighted by Crippen LogP contribution is 2.23. The van der Waals surface area contributed by atoms with Crippen molar-refractivity contribution >= 4 is 23.2 Å². The average molecular weight is 405 g/mol. The fraction of sp³-hybridized carbons (Fsp3) is 0.478. The summed E-state index contributed by atoms with van der Waals surface area (Å²) in [5.74, 6) is 0. The molecule has 0 aliphatic carbocycles. The van der Waals surface area contributed by atoms with E-state index in [0.29, 0.717) is 16.1 Å². The number of halogens is 2. The van der Waals surface area contributed by atoms with E-state index < -0.39 is 0 Å². The van der Waals surface area contributed by atoms with Gasteiger partial charge in [-0.3, -0.25) is 0 Å². The molecule has 2 aromatic rings. The zero-order valence-corrected chi connectivity index (χ0v) is 17.5. The van der Waals surface area contributed by atoms with Crippen LogP contribution in [0.25, 0.3) is 0 Å². The van der Waals surface area contributed by atoms with Crippen molar-refractivity contribution in [2.45, 2.75) is 44.6 Å². The van der Waals surface area contributed by atoms with Gasteiger partial charge in [-0.1, -0.05) is 72.4 Å². The second kappa shape index (κ2) is 11.1. The van der Waals surface area contributed by atoms with Crippen LogP contribution in [0.5, 0.6) is 0 Å². The number of likely N-dealkylation sites (tertiary alicyclic amines) is 1. The van der Waals surface area contributed by atoms with Gasteiger partial charge in [0.25, 0.3) is 0 Å². The van der Waals surface area contributed by atoms with Crippen LogP contribution >= 0.6 is 23.2 Å². The Morgan fingerprint density at radius 1 is 0.889 bits per heavy atom. The van der Waals surface area contributed by atoms with Gasteiger partial charge >= 0.3 is 0 Å². The highest BCUT2D eigenvalue weighted by atomic mass is 35.5. The molecule has 0 spiro atoms. The van der Waals surface area contributed by atoms with Gasteiger partial charge in [0.15, 0.2) is 0 Å². The van der Waals surface area contributed by atoms with Crippen LogP contribution in [0.15, 0.2) is 48.5 Å². The first-order valence-corrected chi connectivity index (χ1v) is 10.9. The molecule has 3 rings (SSSR count). The summed E-state index contributed by atoms with van der Waals surface area (Å²) in [4.78, 5) is 2.64. The van der Waals surface area contributed by atoms with Gasteiger partial charge in [-0.2, -0.15) is 0 Å². The minimum atomic E-state index is 0.386. The average Bonchev–Trinajstić information content (AvgIpc) is 2.97. The number of nitrogens with zero attached hydrogens (tertiary/aromatic N) is 1. The van der Waals surface area contributed by atoms with Crippen molar-refractivity contribution in [1.29, 1.82) is 0 Å². The molecule has 1 N–H and O–H groups in total. The first-order valence-electron chi connectivity index (χ1n) is 10.2. The lowest BCUT2D eigenvalue weighted by Crippen LogP contribution is -2.31. The molecule has 0 amide bonds. The van der Waals surface area contributed by atoms with E-state index in [0.717, 1.165) is 19.4 Å². The summed E-state index contributed by atoms with van der Waals surface area (Å²) >= 11 is 12.2. The Bertz CT molecular complexity index is 682. The highest BCUT2D eigenvalue weighted by molar-refractivity contribution is 6.42. The van der Waals surface area contributed by atoms with Crippen LogP contribution in [0, 0.1) is 0 Å². The first kappa shape index (κ1) is 20.7. The van der Waals surface area contributed by atoms with Crippen LogP contribution < -0.4 is 5.32 Å². The predicted molar refractivity (Wildman–Crippen MR) is 117 cm³/mol. The maximum atomic E-state index is 6.14. The van der Waals surface area contributed by atoms with E-state index in [4.69, 9.17) is 23.2 Å². The Hall–Kier alpha value is -1.06. The van der Waals surface area contributed by atoms with Crippen molar-refractivity contribution < 1.29 is 0 Å². The Morgan fingerprint density at radius 2 is 1.63 bits per heavy atom.